The van der Waals surface area contributed by atoms with Crippen LogP contribution in [0, 0.1) is 5.92 Å². The summed E-state index contributed by atoms with van der Waals surface area (Å²) in [5.41, 5.74) is 1.18. The second-order valence-corrected chi connectivity index (χ2v) is 16.5. The molecule has 6 heteroatoms. The van der Waals surface area contributed by atoms with E-state index in [1.165, 1.54) is 115 Å². The van der Waals surface area contributed by atoms with Crippen molar-refractivity contribution >= 4 is 11.8 Å². The normalized spacial score (nSPS) is 14.5. The fourth-order valence-corrected chi connectivity index (χ4v) is 8.29. The number of amides is 2. The Balaban J connectivity index is 2.14. The smallest absolute Gasteiger partial charge is 0.242 e. The first-order valence-electron chi connectivity index (χ1n) is 22.8. The fraction of sp³-hybridized carbons (Fsp3) is 0.830. The topological polar surface area (TPSA) is 61.9 Å². The first kappa shape index (κ1) is 47.1. The predicted molar refractivity (Wildman–Crippen MR) is 227 cm³/mol. The summed E-state index contributed by atoms with van der Waals surface area (Å²) in [7, 11) is 3.89. The molecule has 1 aromatic carbocycles. The highest BCUT2D eigenvalue weighted by Gasteiger charge is 2.36. The zero-order valence-corrected chi connectivity index (χ0v) is 35.6. The summed E-state index contributed by atoms with van der Waals surface area (Å²) in [6.45, 7) is 9.53. The molecule has 1 unspecified atom stereocenters. The second-order valence-electron chi connectivity index (χ2n) is 16.5. The van der Waals surface area contributed by atoms with E-state index >= 15 is 0 Å². The third-order valence-electron chi connectivity index (χ3n) is 11.9. The van der Waals surface area contributed by atoms with Crippen molar-refractivity contribution in [3.8, 4) is 5.75 Å². The molecular weight excluding hydrogens is 655 g/mol. The van der Waals surface area contributed by atoms with Gasteiger partial charge in [-0.3, -0.25) is 9.59 Å². The van der Waals surface area contributed by atoms with Crippen LogP contribution in [0.25, 0.3) is 0 Å². The number of nitrogens with one attached hydrogen (secondary N) is 1. The van der Waals surface area contributed by atoms with E-state index in [4.69, 9.17) is 4.74 Å². The highest BCUT2D eigenvalue weighted by molar-refractivity contribution is 5.88. The van der Waals surface area contributed by atoms with E-state index in [0.29, 0.717) is 18.9 Å². The Morgan fingerprint density at radius 2 is 1.19 bits per heavy atom. The number of piperidine rings is 1. The van der Waals surface area contributed by atoms with Crippen molar-refractivity contribution in [1.82, 2.24) is 15.1 Å². The Morgan fingerprint density at radius 1 is 0.717 bits per heavy atom. The number of carbonyl (C=O) groups excluding carboxylic acids is 2. The third kappa shape index (κ3) is 21.6. The highest BCUT2D eigenvalue weighted by atomic mass is 16.5. The van der Waals surface area contributed by atoms with Crippen LogP contribution in [-0.2, 0) is 16.0 Å². The van der Waals surface area contributed by atoms with Crippen LogP contribution in [0.1, 0.15) is 200 Å². The molecule has 0 spiro atoms. The van der Waals surface area contributed by atoms with Gasteiger partial charge in [0.05, 0.1) is 7.11 Å². The van der Waals surface area contributed by atoms with Gasteiger partial charge in [-0.05, 0) is 88.7 Å². The SMILES string of the molecule is CCCCCCCCCCCCCCCC(=O)N(C(CCCCCC)CCCCCC)C(CC1CCN(C)CC1)C(=O)NCCc1ccc(OC)cc1. The van der Waals surface area contributed by atoms with Gasteiger partial charge in [0.25, 0.3) is 0 Å². The van der Waals surface area contributed by atoms with Crippen molar-refractivity contribution < 1.29 is 14.3 Å². The molecule has 306 valence electrons. The van der Waals surface area contributed by atoms with Crippen LogP contribution in [0.2, 0.25) is 0 Å². The monoisotopic (exact) mass is 740 g/mol. The minimum atomic E-state index is -0.393. The fourth-order valence-electron chi connectivity index (χ4n) is 8.29. The average Bonchev–Trinajstić information content (AvgIpc) is 3.17. The van der Waals surface area contributed by atoms with E-state index in [1.807, 2.05) is 12.1 Å². The van der Waals surface area contributed by atoms with Gasteiger partial charge in [0.2, 0.25) is 11.8 Å². The van der Waals surface area contributed by atoms with Gasteiger partial charge in [0, 0.05) is 19.0 Å². The number of hydrogen-bond acceptors (Lipinski definition) is 4. The summed E-state index contributed by atoms with van der Waals surface area (Å²) < 4.78 is 5.34. The number of unbranched alkanes of at least 4 members (excludes halogenated alkanes) is 18. The second kappa shape index (κ2) is 31.2. The Hall–Kier alpha value is -2.08. The molecule has 1 aliphatic rings. The first-order valence-corrected chi connectivity index (χ1v) is 22.8. The maximum atomic E-state index is 14.6. The van der Waals surface area contributed by atoms with Gasteiger partial charge in [0.15, 0.2) is 0 Å². The maximum absolute atomic E-state index is 14.6. The minimum Gasteiger partial charge on any atom is -0.497 e. The molecule has 1 saturated heterocycles. The van der Waals surface area contributed by atoms with Gasteiger partial charge in [-0.25, -0.2) is 0 Å². The first-order chi connectivity index (χ1) is 25.9. The lowest BCUT2D eigenvalue weighted by molar-refractivity contribution is -0.144. The maximum Gasteiger partial charge on any atom is 0.242 e. The number of ether oxygens (including phenoxy) is 1. The number of hydrogen-bond donors (Lipinski definition) is 1. The highest BCUT2D eigenvalue weighted by Crippen LogP contribution is 2.29. The van der Waals surface area contributed by atoms with E-state index < -0.39 is 6.04 Å². The van der Waals surface area contributed by atoms with Crippen LogP contribution < -0.4 is 10.1 Å². The van der Waals surface area contributed by atoms with Crippen molar-refractivity contribution in [2.75, 3.05) is 33.8 Å². The summed E-state index contributed by atoms with van der Waals surface area (Å²) in [5.74, 6) is 1.60. The molecule has 1 aliphatic heterocycles. The molecular formula is C47H85N3O3. The number of methoxy groups -OCH3 is 1. The minimum absolute atomic E-state index is 0.0586. The van der Waals surface area contributed by atoms with Gasteiger partial charge in [0.1, 0.15) is 11.8 Å². The number of benzene rings is 1. The summed E-state index contributed by atoms with van der Waals surface area (Å²) >= 11 is 0. The largest absolute Gasteiger partial charge is 0.497 e. The van der Waals surface area contributed by atoms with E-state index in [2.05, 4.69) is 55.1 Å². The average molecular weight is 740 g/mol. The lowest BCUT2D eigenvalue weighted by Crippen LogP contribution is -2.55. The lowest BCUT2D eigenvalue weighted by Gasteiger charge is -2.40. The number of likely N-dealkylation sites (tertiary alicyclic amines) is 1. The Bertz CT molecular complexity index is 1010. The molecule has 0 aromatic heterocycles. The van der Waals surface area contributed by atoms with Gasteiger partial charge in [-0.1, -0.05) is 161 Å². The summed E-state index contributed by atoms with van der Waals surface area (Å²) in [4.78, 5) is 33.6. The summed E-state index contributed by atoms with van der Waals surface area (Å²) in [6, 6.07) is 7.87. The molecule has 1 aromatic rings. The Labute approximate surface area is 328 Å². The quantitative estimate of drug-likeness (QED) is 0.0729. The molecule has 1 fully saturated rings. The molecule has 0 aliphatic carbocycles. The van der Waals surface area contributed by atoms with E-state index in [-0.39, 0.29) is 17.9 Å². The van der Waals surface area contributed by atoms with Crippen LogP contribution in [0.15, 0.2) is 24.3 Å². The molecule has 1 N–H and O–H groups in total. The van der Waals surface area contributed by atoms with Crippen molar-refractivity contribution in [3.05, 3.63) is 29.8 Å². The van der Waals surface area contributed by atoms with Crippen LogP contribution >= 0.6 is 0 Å². The lowest BCUT2D eigenvalue weighted by atomic mass is 9.87. The molecule has 1 atom stereocenters. The number of rotatable bonds is 33. The van der Waals surface area contributed by atoms with Crippen molar-refractivity contribution in [3.63, 3.8) is 0 Å². The zero-order valence-electron chi connectivity index (χ0n) is 35.6. The molecule has 2 amide bonds. The van der Waals surface area contributed by atoms with Gasteiger partial charge < -0.3 is 19.9 Å². The molecule has 0 bridgehead atoms. The van der Waals surface area contributed by atoms with Gasteiger partial charge in [-0.2, -0.15) is 0 Å². The van der Waals surface area contributed by atoms with Crippen molar-refractivity contribution in [2.45, 2.75) is 213 Å². The molecule has 53 heavy (non-hydrogen) atoms. The zero-order chi connectivity index (χ0) is 38.4. The van der Waals surface area contributed by atoms with Crippen LogP contribution in [0.4, 0.5) is 0 Å². The number of nitrogens with zero attached hydrogens (tertiary/aromatic N) is 2. The number of carbonyl (C=O) groups is 2. The van der Waals surface area contributed by atoms with Gasteiger partial charge in [-0.15, -0.1) is 0 Å². The van der Waals surface area contributed by atoms with E-state index in [9.17, 15) is 9.59 Å². The Morgan fingerprint density at radius 3 is 1.68 bits per heavy atom. The van der Waals surface area contributed by atoms with Crippen LogP contribution in [-0.4, -0.2) is 67.5 Å². The van der Waals surface area contributed by atoms with E-state index in [0.717, 1.165) is 83.0 Å². The Kier molecular flexibility index (Phi) is 27.7. The molecule has 2 rings (SSSR count). The van der Waals surface area contributed by atoms with Crippen molar-refractivity contribution in [2.24, 2.45) is 5.92 Å². The molecule has 6 nitrogen and oxygen atoms in total. The third-order valence-corrected chi connectivity index (χ3v) is 11.9. The summed E-state index contributed by atoms with van der Waals surface area (Å²) in [5, 5.41) is 3.34. The van der Waals surface area contributed by atoms with Crippen molar-refractivity contribution in [1.29, 1.82) is 0 Å². The van der Waals surface area contributed by atoms with E-state index in [1.54, 1.807) is 7.11 Å². The molecule has 0 saturated carbocycles. The molecule has 1 heterocycles. The predicted octanol–water partition coefficient (Wildman–Crippen LogP) is 12.1. The summed E-state index contributed by atoms with van der Waals surface area (Å²) in [6.07, 6.45) is 32.8. The standard InChI is InChI=1S/C47H85N3O3/c1-6-9-12-15-16-17-18-19-20-21-22-23-26-29-46(51)50(43(27-24-13-10-7-2)28-25-14-11-8-3)45(40-42-35-38-49(4)39-36-42)47(52)48-37-34-41-30-32-44(53-5)33-31-41/h30-33,42-43,45H,6-29,34-40H2,1-5H3,(H,48,52). The van der Waals surface area contributed by atoms with Crippen LogP contribution in [0.5, 0.6) is 5.75 Å². The van der Waals surface area contributed by atoms with Crippen LogP contribution in [0.3, 0.4) is 0 Å². The van der Waals surface area contributed by atoms with Gasteiger partial charge >= 0.3 is 0 Å². The molecule has 0 radical (unpaired) electrons.